The molecule has 0 aliphatic carbocycles. The molecule has 2 aromatic carbocycles. The third-order valence-electron chi connectivity index (χ3n) is 3.43. The summed E-state index contributed by atoms with van der Waals surface area (Å²) in [6.07, 6.45) is 3.25. The molecule has 1 N–H and O–H groups in total. The van der Waals surface area contributed by atoms with E-state index in [-0.39, 0.29) is 5.91 Å². The fraction of sp³-hybridized carbons (Fsp3) is 0.238. The number of carbonyl (C=O) groups excluding carboxylic acids is 1. The highest BCUT2D eigenvalue weighted by atomic mass is 16.5. The molecular weight excluding hydrogens is 344 g/mol. The number of hydrogen-bond donors (Lipinski definition) is 1. The van der Waals surface area contributed by atoms with Crippen LogP contribution in [0.2, 0.25) is 0 Å². The van der Waals surface area contributed by atoms with Gasteiger partial charge in [-0.05, 0) is 61.9 Å². The fourth-order valence-electron chi connectivity index (χ4n) is 2.23. The number of ether oxygens (including phenoxy) is 3. The standard InChI is InChI=1S/C21H24N2O4/c1-4-13-27-18-10-7-16(8-11-18)15-22-23-21(24)17-9-12-19(25-5-2)20(14-17)26-6-3/h4,7-12,14-15H,1,5-6,13H2,2-3H3,(H,23,24)/b22-15+. The van der Waals surface area contributed by atoms with Gasteiger partial charge in [0.1, 0.15) is 12.4 Å². The zero-order chi connectivity index (χ0) is 19.5. The van der Waals surface area contributed by atoms with Gasteiger partial charge in [-0.25, -0.2) is 5.43 Å². The second kappa shape index (κ2) is 10.7. The summed E-state index contributed by atoms with van der Waals surface area (Å²) in [6, 6.07) is 12.4. The van der Waals surface area contributed by atoms with E-state index in [1.54, 1.807) is 30.5 Å². The summed E-state index contributed by atoms with van der Waals surface area (Å²) in [5.74, 6) is 1.55. The van der Waals surface area contributed by atoms with Crippen molar-refractivity contribution < 1.29 is 19.0 Å². The van der Waals surface area contributed by atoms with Gasteiger partial charge in [0.15, 0.2) is 11.5 Å². The molecule has 0 fully saturated rings. The molecule has 0 saturated heterocycles. The van der Waals surface area contributed by atoms with Crippen LogP contribution in [0, 0.1) is 0 Å². The summed E-state index contributed by atoms with van der Waals surface area (Å²) >= 11 is 0. The molecule has 142 valence electrons. The molecule has 6 heteroatoms. The van der Waals surface area contributed by atoms with E-state index < -0.39 is 0 Å². The largest absolute Gasteiger partial charge is 0.490 e. The number of hydrogen-bond acceptors (Lipinski definition) is 5. The van der Waals surface area contributed by atoms with Gasteiger partial charge in [-0.1, -0.05) is 12.7 Å². The lowest BCUT2D eigenvalue weighted by molar-refractivity contribution is 0.0954. The molecule has 2 aromatic rings. The first-order chi connectivity index (χ1) is 13.2. The summed E-state index contributed by atoms with van der Waals surface area (Å²) < 4.78 is 16.4. The van der Waals surface area contributed by atoms with Gasteiger partial charge in [0.25, 0.3) is 5.91 Å². The van der Waals surface area contributed by atoms with Crippen LogP contribution in [0.5, 0.6) is 17.2 Å². The molecule has 0 aromatic heterocycles. The molecule has 0 atom stereocenters. The van der Waals surface area contributed by atoms with E-state index in [0.717, 1.165) is 11.3 Å². The van der Waals surface area contributed by atoms with Crippen molar-refractivity contribution >= 4 is 12.1 Å². The van der Waals surface area contributed by atoms with Crippen molar-refractivity contribution in [1.29, 1.82) is 0 Å². The highest BCUT2D eigenvalue weighted by Gasteiger charge is 2.11. The van der Waals surface area contributed by atoms with Crippen molar-refractivity contribution in [2.75, 3.05) is 19.8 Å². The first kappa shape index (κ1) is 20.0. The molecule has 0 spiro atoms. The zero-order valence-electron chi connectivity index (χ0n) is 15.6. The van der Waals surface area contributed by atoms with Gasteiger partial charge in [0.05, 0.1) is 19.4 Å². The Labute approximate surface area is 159 Å². The molecule has 0 aliphatic rings. The Bertz CT molecular complexity index is 785. The molecule has 0 radical (unpaired) electrons. The molecule has 1 amide bonds. The van der Waals surface area contributed by atoms with Gasteiger partial charge in [0.2, 0.25) is 0 Å². The molecule has 6 nitrogen and oxygen atoms in total. The average molecular weight is 368 g/mol. The minimum Gasteiger partial charge on any atom is -0.490 e. The van der Waals surface area contributed by atoms with Crippen molar-refractivity contribution in [3.8, 4) is 17.2 Å². The summed E-state index contributed by atoms with van der Waals surface area (Å²) in [7, 11) is 0. The van der Waals surface area contributed by atoms with Gasteiger partial charge in [-0.2, -0.15) is 5.10 Å². The Balaban J connectivity index is 1.99. The number of rotatable bonds is 10. The van der Waals surface area contributed by atoms with E-state index in [2.05, 4.69) is 17.1 Å². The number of hydrazone groups is 1. The van der Waals surface area contributed by atoms with Crippen LogP contribution in [0.4, 0.5) is 0 Å². The number of amides is 1. The number of benzene rings is 2. The first-order valence-electron chi connectivity index (χ1n) is 8.74. The van der Waals surface area contributed by atoms with E-state index in [9.17, 15) is 4.79 Å². The van der Waals surface area contributed by atoms with Crippen molar-refractivity contribution in [3.05, 3.63) is 66.2 Å². The Hall–Kier alpha value is -3.28. The predicted octanol–water partition coefficient (Wildman–Crippen LogP) is 3.81. The summed E-state index contributed by atoms with van der Waals surface area (Å²) in [6.45, 7) is 8.83. The van der Waals surface area contributed by atoms with Crippen LogP contribution in [0.15, 0.2) is 60.2 Å². The lowest BCUT2D eigenvalue weighted by Gasteiger charge is -2.11. The maximum absolute atomic E-state index is 12.3. The first-order valence-corrected chi connectivity index (χ1v) is 8.74. The van der Waals surface area contributed by atoms with Crippen LogP contribution >= 0.6 is 0 Å². The lowest BCUT2D eigenvalue weighted by Crippen LogP contribution is -2.17. The molecule has 0 heterocycles. The molecule has 0 aliphatic heterocycles. The molecular formula is C21H24N2O4. The highest BCUT2D eigenvalue weighted by Crippen LogP contribution is 2.28. The zero-order valence-corrected chi connectivity index (χ0v) is 15.6. The Morgan fingerprint density at radius 2 is 1.74 bits per heavy atom. The van der Waals surface area contributed by atoms with Crippen LogP contribution in [0.3, 0.4) is 0 Å². The van der Waals surface area contributed by atoms with Gasteiger partial charge in [-0.15, -0.1) is 0 Å². The normalized spacial score (nSPS) is 10.4. The van der Waals surface area contributed by atoms with E-state index in [4.69, 9.17) is 14.2 Å². The second-order valence-electron chi connectivity index (χ2n) is 5.40. The van der Waals surface area contributed by atoms with Gasteiger partial charge >= 0.3 is 0 Å². The van der Waals surface area contributed by atoms with E-state index in [0.29, 0.717) is 36.9 Å². The molecule has 0 saturated carbocycles. The minimum atomic E-state index is -0.332. The van der Waals surface area contributed by atoms with Gasteiger partial charge < -0.3 is 14.2 Å². The third kappa shape index (κ3) is 6.18. The minimum absolute atomic E-state index is 0.332. The van der Waals surface area contributed by atoms with E-state index in [1.165, 1.54) is 0 Å². The smallest absolute Gasteiger partial charge is 0.271 e. The topological polar surface area (TPSA) is 69.2 Å². The average Bonchev–Trinajstić information content (AvgIpc) is 2.69. The fourth-order valence-corrected chi connectivity index (χ4v) is 2.23. The van der Waals surface area contributed by atoms with Crippen LogP contribution in [-0.2, 0) is 0 Å². The van der Waals surface area contributed by atoms with Gasteiger partial charge in [-0.3, -0.25) is 4.79 Å². The molecule has 0 bridgehead atoms. The van der Waals surface area contributed by atoms with E-state index in [1.807, 2.05) is 38.1 Å². The number of carbonyl (C=O) groups is 1. The predicted molar refractivity (Wildman–Crippen MR) is 106 cm³/mol. The maximum atomic E-state index is 12.3. The summed E-state index contributed by atoms with van der Waals surface area (Å²) in [5.41, 5.74) is 3.78. The van der Waals surface area contributed by atoms with Crippen molar-refractivity contribution in [3.63, 3.8) is 0 Å². The van der Waals surface area contributed by atoms with Crippen molar-refractivity contribution in [1.82, 2.24) is 5.43 Å². The molecule has 27 heavy (non-hydrogen) atoms. The molecule has 2 rings (SSSR count). The monoisotopic (exact) mass is 368 g/mol. The van der Waals surface area contributed by atoms with Crippen LogP contribution in [-0.4, -0.2) is 31.9 Å². The lowest BCUT2D eigenvalue weighted by atomic mass is 10.2. The maximum Gasteiger partial charge on any atom is 0.271 e. The van der Waals surface area contributed by atoms with Crippen LogP contribution < -0.4 is 19.6 Å². The van der Waals surface area contributed by atoms with Crippen molar-refractivity contribution in [2.45, 2.75) is 13.8 Å². The highest BCUT2D eigenvalue weighted by molar-refractivity contribution is 5.95. The summed E-state index contributed by atoms with van der Waals surface area (Å²) in [4.78, 5) is 12.3. The number of nitrogens with zero attached hydrogens (tertiary/aromatic N) is 1. The van der Waals surface area contributed by atoms with E-state index >= 15 is 0 Å². The van der Waals surface area contributed by atoms with Crippen LogP contribution in [0.25, 0.3) is 0 Å². The Morgan fingerprint density at radius 1 is 1.04 bits per heavy atom. The summed E-state index contributed by atoms with van der Waals surface area (Å²) in [5, 5.41) is 3.99. The second-order valence-corrected chi connectivity index (χ2v) is 5.40. The molecule has 0 unspecified atom stereocenters. The Kier molecular flexibility index (Phi) is 7.91. The quantitative estimate of drug-likeness (QED) is 0.393. The third-order valence-corrected chi connectivity index (χ3v) is 3.43. The van der Waals surface area contributed by atoms with Crippen molar-refractivity contribution in [2.24, 2.45) is 5.10 Å². The Morgan fingerprint density at radius 3 is 2.41 bits per heavy atom. The number of nitrogens with one attached hydrogen (secondary N) is 1. The SMILES string of the molecule is C=CCOc1ccc(/C=N/NC(=O)c2ccc(OCC)c(OCC)c2)cc1. The van der Waals surface area contributed by atoms with Gasteiger partial charge in [0, 0.05) is 5.56 Å². The van der Waals surface area contributed by atoms with Crippen LogP contribution in [0.1, 0.15) is 29.8 Å².